The first kappa shape index (κ1) is 11.1. The van der Waals surface area contributed by atoms with Crippen molar-refractivity contribution in [2.24, 2.45) is 0 Å². The lowest BCUT2D eigenvalue weighted by Crippen LogP contribution is -1.91. The maximum atomic E-state index is 13.4. The van der Waals surface area contributed by atoms with E-state index in [4.69, 9.17) is 10.3 Å². The van der Waals surface area contributed by atoms with Gasteiger partial charge in [0.05, 0.1) is 4.47 Å². The van der Waals surface area contributed by atoms with Gasteiger partial charge in [0.2, 0.25) is 0 Å². The Morgan fingerprint density at radius 3 is 2.94 bits per heavy atom. The minimum absolute atomic E-state index is 0.338. The average Bonchev–Trinajstić information content (AvgIpc) is 2.63. The van der Waals surface area contributed by atoms with E-state index in [1.54, 1.807) is 12.1 Å². The summed E-state index contributed by atoms with van der Waals surface area (Å²) in [6.07, 6.45) is 0.688. The van der Waals surface area contributed by atoms with Gasteiger partial charge in [-0.1, -0.05) is 18.1 Å². The summed E-state index contributed by atoms with van der Waals surface area (Å²) in [5.74, 6) is 0.537. The van der Waals surface area contributed by atoms with Crippen molar-refractivity contribution in [3.63, 3.8) is 0 Å². The molecule has 0 amide bonds. The zero-order valence-corrected chi connectivity index (χ0v) is 10.2. The molecule has 5 heteroatoms. The molecule has 3 nitrogen and oxygen atoms in total. The molecule has 16 heavy (non-hydrogen) atoms. The van der Waals surface area contributed by atoms with Gasteiger partial charge in [0, 0.05) is 11.1 Å². The number of halogens is 2. The van der Waals surface area contributed by atoms with Crippen LogP contribution in [0.1, 0.15) is 12.5 Å². The van der Waals surface area contributed by atoms with Crippen molar-refractivity contribution in [3.05, 3.63) is 34.1 Å². The molecule has 0 unspecified atom stereocenters. The van der Waals surface area contributed by atoms with Crippen LogP contribution in [0.25, 0.3) is 11.3 Å². The Bertz CT molecular complexity index is 525. The van der Waals surface area contributed by atoms with Gasteiger partial charge in [-0.3, -0.25) is 0 Å². The Balaban J connectivity index is 2.63. The fraction of sp³-hybridized carbons (Fsp3) is 0.182. The maximum Gasteiger partial charge on any atom is 0.173 e. The second kappa shape index (κ2) is 4.25. The quantitative estimate of drug-likeness (QED) is 0.920. The van der Waals surface area contributed by atoms with Gasteiger partial charge in [-0.2, -0.15) is 0 Å². The predicted molar refractivity (Wildman–Crippen MR) is 63.4 cm³/mol. The van der Waals surface area contributed by atoms with E-state index >= 15 is 0 Å². The zero-order chi connectivity index (χ0) is 11.7. The molecule has 84 valence electrons. The first-order valence-electron chi connectivity index (χ1n) is 4.83. The summed E-state index contributed by atoms with van der Waals surface area (Å²) < 4.78 is 18.9. The Morgan fingerprint density at radius 2 is 2.25 bits per heavy atom. The topological polar surface area (TPSA) is 52.0 Å². The van der Waals surface area contributed by atoms with E-state index in [1.165, 1.54) is 6.07 Å². The monoisotopic (exact) mass is 284 g/mol. The Hall–Kier alpha value is -1.36. The van der Waals surface area contributed by atoms with Crippen molar-refractivity contribution >= 4 is 21.7 Å². The van der Waals surface area contributed by atoms with Crippen LogP contribution in [0.5, 0.6) is 0 Å². The first-order chi connectivity index (χ1) is 7.65. The maximum absolute atomic E-state index is 13.4. The molecule has 0 spiro atoms. The van der Waals surface area contributed by atoms with Gasteiger partial charge in [0.1, 0.15) is 5.82 Å². The van der Waals surface area contributed by atoms with Crippen LogP contribution in [-0.2, 0) is 6.42 Å². The highest BCUT2D eigenvalue weighted by Gasteiger charge is 2.17. The first-order valence-corrected chi connectivity index (χ1v) is 5.62. The van der Waals surface area contributed by atoms with Crippen LogP contribution in [0.2, 0.25) is 0 Å². The number of rotatable bonds is 2. The van der Waals surface area contributed by atoms with Crippen molar-refractivity contribution in [2.75, 3.05) is 5.73 Å². The van der Waals surface area contributed by atoms with Crippen LogP contribution in [0.3, 0.4) is 0 Å². The Labute approximate surface area is 101 Å². The standard InChI is InChI=1S/C11H10BrFN2O/c1-2-6-10(16-15-11(6)14)7-4-3-5-8(13)9(7)12/h3-5H,2H2,1H3,(H2,14,15). The molecule has 0 aliphatic heterocycles. The molecule has 0 aliphatic rings. The van der Waals surface area contributed by atoms with Gasteiger partial charge in [0.15, 0.2) is 11.6 Å². The summed E-state index contributed by atoms with van der Waals surface area (Å²) >= 11 is 3.19. The second-order valence-electron chi connectivity index (χ2n) is 3.33. The largest absolute Gasteiger partial charge is 0.381 e. The number of nitrogen functional groups attached to an aromatic ring is 1. The third-order valence-electron chi connectivity index (χ3n) is 2.37. The molecule has 2 rings (SSSR count). The molecule has 0 radical (unpaired) electrons. The second-order valence-corrected chi connectivity index (χ2v) is 4.12. The lowest BCUT2D eigenvalue weighted by molar-refractivity contribution is 0.434. The van der Waals surface area contributed by atoms with Crippen molar-refractivity contribution in [1.82, 2.24) is 5.16 Å². The number of nitrogens with zero attached hydrogens (tertiary/aromatic N) is 1. The molecular formula is C11H10BrFN2O. The molecule has 0 bridgehead atoms. The highest BCUT2D eigenvalue weighted by Crippen LogP contribution is 2.34. The highest BCUT2D eigenvalue weighted by molar-refractivity contribution is 9.10. The van der Waals surface area contributed by atoms with Gasteiger partial charge >= 0.3 is 0 Å². The Morgan fingerprint density at radius 1 is 1.50 bits per heavy atom. The van der Waals surface area contributed by atoms with E-state index in [0.717, 1.165) is 5.56 Å². The molecule has 0 atom stereocenters. The third-order valence-corrected chi connectivity index (χ3v) is 3.17. The summed E-state index contributed by atoms with van der Waals surface area (Å²) in [6, 6.07) is 4.75. The molecule has 0 saturated heterocycles. The van der Waals surface area contributed by atoms with E-state index in [2.05, 4.69) is 21.1 Å². The molecular weight excluding hydrogens is 275 g/mol. The fourth-order valence-corrected chi connectivity index (χ4v) is 2.00. The summed E-state index contributed by atoms with van der Waals surface area (Å²) in [5.41, 5.74) is 7.09. The van der Waals surface area contributed by atoms with Gasteiger partial charge in [-0.15, -0.1) is 0 Å². The minimum Gasteiger partial charge on any atom is -0.381 e. The van der Waals surface area contributed by atoms with Gasteiger partial charge in [0.25, 0.3) is 0 Å². The molecule has 1 aromatic carbocycles. The predicted octanol–water partition coefficient (Wildman–Crippen LogP) is 3.39. The molecule has 1 aromatic heterocycles. The van der Waals surface area contributed by atoms with Crippen LogP contribution in [0.15, 0.2) is 27.2 Å². The van der Waals surface area contributed by atoms with Crippen LogP contribution in [0.4, 0.5) is 10.2 Å². The summed E-state index contributed by atoms with van der Waals surface area (Å²) in [4.78, 5) is 0. The third kappa shape index (κ3) is 1.71. The van der Waals surface area contributed by atoms with Crippen LogP contribution >= 0.6 is 15.9 Å². The van der Waals surface area contributed by atoms with E-state index < -0.39 is 0 Å². The van der Waals surface area contributed by atoms with E-state index in [0.29, 0.717) is 28.0 Å². The smallest absolute Gasteiger partial charge is 0.173 e. The van der Waals surface area contributed by atoms with Gasteiger partial charge in [-0.25, -0.2) is 4.39 Å². The van der Waals surface area contributed by atoms with E-state index in [1.807, 2.05) is 6.92 Å². The SMILES string of the molecule is CCc1c(N)noc1-c1cccc(F)c1Br. The number of anilines is 1. The van der Waals surface area contributed by atoms with E-state index in [9.17, 15) is 4.39 Å². The van der Waals surface area contributed by atoms with Crippen molar-refractivity contribution < 1.29 is 8.91 Å². The van der Waals surface area contributed by atoms with E-state index in [-0.39, 0.29) is 5.82 Å². The van der Waals surface area contributed by atoms with Crippen molar-refractivity contribution in [2.45, 2.75) is 13.3 Å². The highest BCUT2D eigenvalue weighted by atomic mass is 79.9. The molecule has 2 N–H and O–H groups in total. The molecule has 1 heterocycles. The fourth-order valence-electron chi connectivity index (χ4n) is 1.55. The van der Waals surface area contributed by atoms with Crippen LogP contribution < -0.4 is 5.73 Å². The zero-order valence-electron chi connectivity index (χ0n) is 8.63. The molecule has 2 aromatic rings. The van der Waals surface area contributed by atoms with Crippen molar-refractivity contribution in [3.8, 4) is 11.3 Å². The summed E-state index contributed by atoms with van der Waals surface area (Å²) in [6.45, 7) is 1.94. The lowest BCUT2D eigenvalue weighted by atomic mass is 10.1. The normalized spacial score (nSPS) is 10.7. The number of hydrogen-bond acceptors (Lipinski definition) is 3. The molecule has 0 fully saturated rings. The summed E-state index contributed by atoms with van der Waals surface area (Å²) in [5, 5.41) is 3.69. The number of aromatic nitrogens is 1. The number of nitrogens with two attached hydrogens (primary N) is 1. The molecule has 0 saturated carbocycles. The van der Waals surface area contributed by atoms with Crippen LogP contribution in [0, 0.1) is 5.82 Å². The van der Waals surface area contributed by atoms with Gasteiger partial charge in [-0.05, 0) is 34.5 Å². The average molecular weight is 285 g/mol. The lowest BCUT2D eigenvalue weighted by Gasteiger charge is -2.03. The Kier molecular flexibility index (Phi) is 2.96. The van der Waals surface area contributed by atoms with Gasteiger partial charge < -0.3 is 10.3 Å². The van der Waals surface area contributed by atoms with Crippen LogP contribution in [-0.4, -0.2) is 5.16 Å². The number of benzene rings is 1. The van der Waals surface area contributed by atoms with Crippen molar-refractivity contribution in [1.29, 1.82) is 0 Å². The minimum atomic E-state index is -0.338. The summed E-state index contributed by atoms with van der Waals surface area (Å²) in [7, 11) is 0. The number of hydrogen-bond donors (Lipinski definition) is 1. The molecule has 0 aliphatic carbocycles.